The van der Waals surface area contributed by atoms with Gasteiger partial charge in [0.05, 0.1) is 26.3 Å². The van der Waals surface area contributed by atoms with E-state index in [4.69, 9.17) is 4.74 Å². The lowest BCUT2D eigenvalue weighted by Gasteiger charge is -2.32. The standard InChI is InChI=1S/C30H37N3O2/c1-4-33(2,3)23-25-12-10-11-24(21-25)22-32-19-17-27(18-20-32)35-30(34)31-29-16-9-8-15-28(29)26-13-6-5-7-14-26/h5-16,21,27H,4,17-20,22-23H2,1-3H3/p+1. The number of carbonyl (C=O) groups excluding carboxylic acids is 1. The summed E-state index contributed by atoms with van der Waals surface area (Å²) in [5.74, 6) is 0. The molecule has 5 heteroatoms. The topological polar surface area (TPSA) is 41.6 Å². The van der Waals surface area contributed by atoms with Gasteiger partial charge in [0.25, 0.3) is 0 Å². The predicted octanol–water partition coefficient (Wildman–Crippen LogP) is 6.16. The van der Waals surface area contributed by atoms with Crippen molar-refractivity contribution < 1.29 is 14.0 Å². The van der Waals surface area contributed by atoms with Crippen LogP contribution in [0.1, 0.15) is 30.9 Å². The van der Waals surface area contributed by atoms with Crippen LogP contribution < -0.4 is 5.32 Å². The fourth-order valence-electron chi connectivity index (χ4n) is 4.63. The van der Waals surface area contributed by atoms with Crippen LogP contribution in [0.2, 0.25) is 0 Å². The summed E-state index contributed by atoms with van der Waals surface area (Å²) in [6.07, 6.45) is 1.28. The van der Waals surface area contributed by atoms with E-state index in [0.29, 0.717) is 0 Å². The third-order valence-electron chi connectivity index (χ3n) is 6.92. The Morgan fingerprint density at radius 3 is 2.37 bits per heavy atom. The molecule has 0 atom stereocenters. The number of likely N-dealkylation sites (tertiary alicyclic amines) is 1. The predicted molar refractivity (Wildman–Crippen MR) is 143 cm³/mol. The minimum Gasteiger partial charge on any atom is -0.446 e. The fraction of sp³-hybridized carbons (Fsp3) is 0.367. The Labute approximate surface area is 209 Å². The maximum atomic E-state index is 12.7. The summed E-state index contributed by atoms with van der Waals surface area (Å²) in [7, 11) is 4.54. The maximum Gasteiger partial charge on any atom is 0.411 e. The molecule has 1 fully saturated rings. The first-order valence-electron chi connectivity index (χ1n) is 12.7. The van der Waals surface area contributed by atoms with E-state index in [9.17, 15) is 4.79 Å². The normalized spacial score (nSPS) is 15.1. The molecule has 35 heavy (non-hydrogen) atoms. The van der Waals surface area contributed by atoms with E-state index in [1.807, 2.05) is 54.6 Å². The van der Waals surface area contributed by atoms with Crippen molar-refractivity contribution in [2.75, 3.05) is 39.0 Å². The number of carbonyl (C=O) groups is 1. The number of ether oxygens (including phenoxy) is 1. The van der Waals surface area contributed by atoms with Crippen LogP contribution in [-0.4, -0.2) is 55.3 Å². The van der Waals surface area contributed by atoms with Crippen LogP contribution in [0.15, 0.2) is 78.9 Å². The summed E-state index contributed by atoms with van der Waals surface area (Å²) in [6, 6.07) is 26.9. The Balaban J connectivity index is 1.27. The van der Waals surface area contributed by atoms with E-state index in [1.165, 1.54) is 11.1 Å². The molecule has 3 aromatic rings. The van der Waals surface area contributed by atoms with Gasteiger partial charge in [-0.2, -0.15) is 0 Å². The SMILES string of the molecule is CC[N+](C)(C)Cc1cccc(CN2CCC(OC(=O)Nc3ccccc3-c3ccccc3)CC2)c1. The van der Waals surface area contributed by atoms with E-state index < -0.39 is 0 Å². The molecule has 0 unspecified atom stereocenters. The van der Waals surface area contributed by atoms with Gasteiger partial charge in [-0.3, -0.25) is 10.2 Å². The van der Waals surface area contributed by atoms with Gasteiger partial charge < -0.3 is 9.22 Å². The highest BCUT2D eigenvalue weighted by Crippen LogP contribution is 2.28. The molecule has 0 spiro atoms. The van der Waals surface area contributed by atoms with Crippen LogP contribution >= 0.6 is 0 Å². The summed E-state index contributed by atoms with van der Waals surface area (Å²) in [6.45, 7) is 7.19. The molecule has 0 aliphatic carbocycles. The van der Waals surface area contributed by atoms with Crippen molar-refractivity contribution in [1.29, 1.82) is 0 Å². The Morgan fingerprint density at radius 2 is 1.63 bits per heavy atom. The van der Waals surface area contributed by atoms with Crippen LogP contribution in [0.5, 0.6) is 0 Å². The Hall–Kier alpha value is -3.15. The number of benzene rings is 3. The van der Waals surface area contributed by atoms with Crippen molar-refractivity contribution in [3.05, 3.63) is 90.0 Å². The molecule has 0 saturated carbocycles. The fourth-order valence-corrected chi connectivity index (χ4v) is 4.63. The molecule has 0 radical (unpaired) electrons. The van der Waals surface area contributed by atoms with Gasteiger partial charge in [-0.1, -0.05) is 66.7 Å². The molecule has 5 nitrogen and oxygen atoms in total. The second kappa shape index (κ2) is 11.5. The first-order chi connectivity index (χ1) is 16.9. The number of piperidine rings is 1. The number of amides is 1. The monoisotopic (exact) mass is 472 g/mol. The van der Waals surface area contributed by atoms with Crippen molar-refractivity contribution in [3.8, 4) is 11.1 Å². The second-order valence-corrected chi connectivity index (χ2v) is 10.1. The van der Waals surface area contributed by atoms with Crippen LogP contribution in [-0.2, 0) is 17.8 Å². The molecule has 1 saturated heterocycles. The summed E-state index contributed by atoms with van der Waals surface area (Å²) in [5.41, 5.74) is 5.57. The number of hydrogen-bond donors (Lipinski definition) is 1. The van der Waals surface area contributed by atoms with Gasteiger partial charge in [0.1, 0.15) is 12.6 Å². The van der Waals surface area contributed by atoms with Crippen molar-refractivity contribution >= 4 is 11.8 Å². The van der Waals surface area contributed by atoms with Gasteiger partial charge in [-0.25, -0.2) is 4.79 Å². The van der Waals surface area contributed by atoms with Crippen molar-refractivity contribution in [2.45, 2.75) is 39.0 Å². The van der Waals surface area contributed by atoms with Gasteiger partial charge >= 0.3 is 6.09 Å². The zero-order valence-electron chi connectivity index (χ0n) is 21.2. The highest BCUT2D eigenvalue weighted by Gasteiger charge is 2.23. The first-order valence-corrected chi connectivity index (χ1v) is 12.7. The molecule has 1 amide bonds. The van der Waals surface area contributed by atoms with E-state index in [-0.39, 0.29) is 12.2 Å². The van der Waals surface area contributed by atoms with Gasteiger partial charge in [-0.05, 0) is 43.0 Å². The number of hydrogen-bond acceptors (Lipinski definition) is 3. The number of quaternary nitrogens is 1. The summed E-state index contributed by atoms with van der Waals surface area (Å²) in [4.78, 5) is 15.1. The quantitative estimate of drug-likeness (QED) is 0.399. The lowest BCUT2D eigenvalue weighted by molar-refractivity contribution is -0.901. The molecule has 1 N–H and O–H groups in total. The highest BCUT2D eigenvalue weighted by atomic mass is 16.6. The van der Waals surface area contributed by atoms with Gasteiger partial charge in [-0.15, -0.1) is 0 Å². The number of nitrogens with one attached hydrogen (secondary N) is 1. The Kier molecular flexibility index (Phi) is 8.21. The largest absolute Gasteiger partial charge is 0.446 e. The first kappa shape index (κ1) is 25.0. The van der Waals surface area contributed by atoms with Crippen molar-refractivity contribution in [1.82, 2.24) is 4.90 Å². The number of anilines is 1. The third-order valence-corrected chi connectivity index (χ3v) is 6.92. The van der Waals surface area contributed by atoms with E-state index in [2.05, 4.69) is 55.5 Å². The molecule has 1 heterocycles. The molecule has 1 aliphatic rings. The van der Waals surface area contributed by atoms with Crippen LogP contribution in [0.4, 0.5) is 10.5 Å². The summed E-state index contributed by atoms with van der Waals surface area (Å²) in [5, 5.41) is 2.96. The molecule has 3 aromatic carbocycles. The molecule has 184 valence electrons. The number of rotatable bonds is 8. The molecular weight excluding hydrogens is 434 g/mol. The van der Waals surface area contributed by atoms with Crippen LogP contribution in [0.3, 0.4) is 0 Å². The van der Waals surface area contributed by atoms with Gasteiger partial charge in [0.2, 0.25) is 0 Å². The average molecular weight is 473 g/mol. The molecule has 0 bridgehead atoms. The van der Waals surface area contributed by atoms with Gasteiger partial charge in [0, 0.05) is 30.8 Å². The molecule has 1 aliphatic heterocycles. The molecule has 0 aromatic heterocycles. The average Bonchev–Trinajstić information content (AvgIpc) is 2.86. The lowest BCUT2D eigenvalue weighted by atomic mass is 10.0. The highest BCUT2D eigenvalue weighted by molar-refractivity contribution is 5.91. The minimum absolute atomic E-state index is 0.0517. The zero-order chi connectivity index (χ0) is 24.7. The molecule has 4 rings (SSSR count). The van der Waals surface area contributed by atoms with Crippen LogP contribution in [0.25, 0.3) is 11.1 Å². The van der Waals surface area contributed by atoms with E-state index in [1.54, 1.807) is 0 Å². The number of para-hydroxylation sites is 1. The van der Waals surface area contributed by atoms with E-state index >= 15 is 0 Å². The zero-order valence-corrected chi connectivity index (χ0v) is 21.2. The Bertz CT molecular complexity index is 1110. The maximum absolute atomic E-state index is 12.7. The third kappa shape index (κ3) is 7.17. The van der Waals surface area contributed by atoms with Crippen LogP contribution in [0, 0.1) is 0 Å². The lowest BCUT2D eigenvalue weighted by Crippen LogP contribution is -2.38. The summed E-state index contributed by atoms with van der Waals surface area (Å²) < 4.78 is 6.78. The van der Waals surface area contributed by atoms with E-state index in [0.717, 1.165) is 66.9 Å². The van der Waals surface area contributed by atoms with Crippen molar-refractivity contribution in [2.24, 2.45) is 0 Å². The smallest absolute Gasteiger partial charge is 0.411 e. The van der Waals surface area contributed by atoms with Gasteiger partial charge in [0.15, 0.2) is 0 Å². The second-order valence-electron chi connectivity index (χ2n) is 10.1. The Morgan fingerprint density at radius 1 is 0.943 bits per heavy atom. The van der Waals surface area contributed by atoms with Crippen molar-refractivity contribution in [3.63, 3.8) is 0 Å². The summed E-state index contributed by atoms with van der Waals surface area (Å²) >= 11 is 0. The molecular formula is C30H38N3O2+. The minimum atomic E-state index is -0.379. The number of nitrogens with zero attached hydrogens (tertiary/aromatic N) is 2.